The van der Waals surface area contributed by atoms with Crippen LogP contribution in [0.25, 0.3) is 0 Å². The average Bonchev–Trinajstić information content (AvgIpc) is 2.51. The molecule has 0 heteroatoms. The zero-order chi connectivity index (χ0) is 12.6. The van der Waals surface area contributed by atoms with Gasteiger partial charge in [-0.2, -0.15) is 0 Å². The van der Waals surface area contributed by atoms with Crippen LogP contribution in [0.4, 0.5) is 0 Å². The number of hydrogen-bond acceptors (Lipinski definition) is 0. The van der Waals surface area contributed by atoms with Crippen molar-refractivity contribution in [2.45, 2.75) is 66.2 Å². The van der Waals surface area contributed by atoms with Gasteiger partial charge in [0.05, 0.1) is 0 Å². The molecule has 0 aromatic carbocycles. The van der Waals surface area contributed by atoms with Crippen LogP contribution in [-0.4, -0.2) is 0 Å². The third-order valence-corrected chi connectivity index (χ3v) is 3.04. The SMILES string of the molecule is C=C(C)CCCC(=C)C.CC1=C(C)CCC1. The molecule has 1 aliphatic carbocycles. The molecule has 0 bridgehead atoms. The highest BCUT2D eigenvalue weighted by Crippen LogP contribution is 2.23. The Kier molecular flexibility index (Phi) is 7.97. The number of hydrogen-bond donors (Lipinski definition) is 0. The highest BCUT2D eigenvalue weighted by molar-refractivity contribution is 5.14. The molecule has 16 heavy (non-hydrogen) atoms. The number of allylic oxidation sites excluding steroid dienone is 4. The van der Waals surface area contributed by atoms with Crippen molar-refractivity contribution in [1.29, 1.82) is 0 Å². The standard InChI is InChI=1S/C9H16.C7H12/c1-8(2)6-5-7-9(3)4;1-6-4-3-5-7(6)2/h1,3,5-7H2,2,4H3;3-5H2,1-2H3. The lowest BCUT2D eigenvalue weighted by Crippen LogP contribution is -1.77. The minimum atomic E-state index is 1.15. The van der Waals surface area contributed by atoms with E-state index in [0.29, 0.717) is 0 Å². The van der Waals surface area contributed by atoms with Gasteiger partial charge >= 0.3 is 0 Å². The van der Waals surface area contributed by atoms with Crippen LogP contribution in [0.5, 0.6) is 0 Å². The minimum Gasteiger partial charge on any atom is -0.100 e. The summed E-state index contributed by atoms with van der Waals surface area (Å²) in [5, 5.41) is 0. The predicted octanol–water partition coefficient (Wildman–Crippen LogP) is 5.82. The molecule has 0 N–H and O–H groups in total. The lowest BCUT2D eigenvalue weighted by Gasteiger charge is -1.97. The number of rotatable bonds is 4. The van der Waals surface area contributed by atoms with Crippen molar-refractivity contribution in [3.05, 3.63) is 35.5 Å². The van der Waals surface area contributed by atoms with Crippen LogP contribution >= 0.6 is 0 Å². The summed E-state index contributed by atoms with van der Waals surface area (Å²) in [5.41, 5.74) is 5.80. The first-order chi connectivity index (χ1) is 7.43. The van der Waals surface area contributed by atoms with Crippen LogP contribution in [0.3, 0.4) is 0 Å². The Balaban J connectivity index is 0.000000288. The van der Waals surface area contributed by atoms with Gasteiger partial charge in [0.25, 0.3) is 0 Å². The third-order valence-electron chi connectivity index (χ3n) is 3.04. The van der Waals surface area contributed by atoms with E-state index in [2.05, 4.69) is 40.9 Å². The van der Waals surface area contributed by atoms with Crippen LogP contribution in [0.1, 0.15) is 66.2 Å². The zero-order valence-corrected chi connectivity index (χ0v) is 11.7. The van der Waals surface area contributed by atoms with Crippen molar-refractivity contribution < 1.29 is 0 Å². The van der Waals surface area contributed by atoms with Crippen molar-refractivity contribution in [1.82, 2.24) is 0 Å². The van der Waals surface area contributed by atoms with Crippen LogP contribution in [0.15, 0.2) is 35.5 Å². The lowest BCUT2D eigenvalue weighted by atomic mass is 10.1. The first kappa shape index (κ1) is 15.2. The summed E-state index contributed by atoms with van der Waals surface area (Å²) in [4.78, 5) is 0. The highest BCUT2D eigenvalue weighted by atomic mass is 14.1. The molecule has 0 aromatic rings. The summed E-state index contributed by atoms with van der Waals surface area (Å²) < 4.78 is 0. The second kappa shape index (κ2) is 8.38. The van der Waals surface area contributed by atoms with Crippen molar-refractivity contribution in [3.8, 4) is 0 Å². The summed E-state index contributed by atoms with van der Waals surface area (Å²) in [6.45, 7) is 16.3. The molecule has 0 fully saturated rings. The molecule has 0 saturated carbocycles. The van der Waals surface area contributed by atoms with Gasteiger partial charge in [-0.05, 0) is 66.2 Å². The van der Waals surface area contributed by atoms with E-state index in [9.17, 15) is 0 Å². The van der Waals surface area contributed by atoms with Gasteiger partial charge in [0, 0.05) is 0 Å². The van der Waals surface area contributed by atoms with E-state index < -0.39 is 0 Å². The van der Waals surface area contributed by atoms with E-state index in [1.807, 2.05) is 0 Å². The predicted molar refractivity (Wildman–Crippen MR) is 75.7 cm³/mol. The van der Waals surface area contributed by atoms with Crippen molar-refractivity contribution in [2.24, 2.45) is 0 Å². The summed E-state index contributed by atoms with van der Waals surface area (Å²) in [6.07, 6.45) is 7.61. The van der Waals surface area contributed by atoms with E-state index in [1.165, 1.54) is 36.8 Å². The zero-order valence-electron chi connectivity index (χ0n) is 11.7. The Labute approximate surface area is 102 Å². The smallest absolute Gasteiger partial charge is 0.0317 e. The van der Waals surface area contributed by atoms with Crippen LogP contribution in [-0.2, 0) is 0 Å². The fourth-order valence-electron chi connectivity index (χ4n) is 1.74. The Bertz CT molecular complexity index is 240. The van der Waals surface area contributed by atoms with E-state index in [-0.39, 0.29) is 0 Å². The maximum absolute atomic E-state index is 3.82. The Morgan fingerprint density at radius 1 is 0.938 bits per heavy atom. The molecule has 1 rings (SSSR count). The van der Waals surface area contributed by atoms with Crippen molar-refractivity contribution >= 4 is 0 Å². The van der Waals surface area contributed by atoms with Crippen LogP contribution in [0, 0.1) is 0 Å². The van der Waals surface area contributed by atoms with Gasteiger partial charge in [0.1, 0.15) is 0 Å². The maximum atomic E-state index is 3.82. The lowest BCUT2D eigenvalue weighted by molar-refractivity contribution is 0.808. The summed E-state index contributed by atoms with van der Waals surface area (Å²) >= 11 is 0. The average molecular weight is 220 g/mol. The molecule has 0 saturated heterocycles. The quantitative estimate of drug-likeness (QED) is 0.524. The molecular weight excluding hydrogens is 192 g/mol. The van der Waals surface area contributed by atoms with Gasteiger partial charge in [0.15, 0.2) is 0 Å². The van der Waals surface area contributed by atoms with E-state index >= 15 is 0 Å². The second-order valence-corrected chi connectivity index (χ2v) is 5.18. The molecule has 0 radical (unpaired) electrons. The highest BCUT2D eigenvalue weighted by Gasteiger charge is 2.03. The first-order valence-corrected chi connectivity index (χ1v) is 6.37. The monoisotopic (exact) mass is 220 g/mol. The Morgan fingerprint density at radius 3 is 1.50 bits per heavy atom. The van der Waals surface area contributed by atoms with E-state index in [1.54, 1.807) is 11.1 Å². The largest absolute Gasteiger partial charge is 0.100 e. The minimum absolute atomic E-state index is 1.15. The summed E-state index contributed by atoms with van der Waals surface area (Å²) in [5.74, 6) is 0. The van der Waals surface area contributed by atoms with Crippen molar-refractivity contribution in [3.63, 3.8) is 0 Å². The van der Waals surface area contributed by atoms with Gasteiger partial charge in [-0.15, -0.1) is 13.2 Å². The molecule has 0 aliphatic heterocycles. The molecule has 92 valence electrons. The molecule has 0 amide bonds. The molecule has 0 heterocycles. The van der Waals surface area contributed by atoms with Gasteiger partial charge in [-0.1, -0.05) is 22.3 Å². The first-order valence-electron chi connectivity index (χ1n) is 6.37. The van der Waals surface area contributed by atoms with Crippen LogP contribution in [0.2, 0.25) is 0 Å². The van der Waals surface area contributed by atoms with Gasteiger partial charge in [-0.25, -0.2) is 0 Å². The van der Waals surface area contributed by atoms with E-state index in [0.717, 1.165) is 12.8 Å². The van der Waals surface area contributed by atoms with Gasteiger partial charge < -0.3 is 0 Å². The summed E-state index contributed by atoms with van der Waals surface area (Å²) in [7, 11) is 0. The fourth-order valence-corrected chi connectivity index (χ4v) is 1.74. The summed E-state index contributed by atoms with van der Waals surface area (Å²) in [6, 6.07) is 0. The van der Waals surface area contributed by atoms with E-state index in [4.69, 9.17) is 0 Å². The van der Waals surface area contributed by atoms with Crippen LogP contribution < -0.4 is 0 Å². The molecule has 0 spiro atoms. The Hall–Kier alpha value is -0.780. The maximum Gasteiger partial charge on any atom is -0.0317 e. The molecule has 1 aliphatic rings. The van der Waals surface area contributed by atoms with Gasteiger partial charge in [0.2, 0.25) is 0 Å². The van der Waals surface area contributed by atoms with Crippen molar-refractivity contribution in [2.75, 3.05) is 0 Å². The molecule has 0 nitrogen and oxygen atoms in total. The molecule has 0 unspecified atom stereocenters. The normalized spacial score (nSPS) is 14.5. The third kappa shape index (κ3) is 8.52. The Morgan fingerprint density at radius 2 is 1.31 bits per heavy atom. The topological polar surface area (TPSA) is 0 Å². The molecular formula is C16H28. The second-order valence-electron chi connectivity index (χ2n) is 5.18. The molecule has 0 aromatic heterocycles. The van der Waals surface area contributed by atoms with Gasteiger partial charge in [-0.3, -0.25) is 0 Å². The molecule has 0 atom stereocenters. The fraction of sp³-hybridized carbons (Fsp3) is 0.625.